The Bertz CT molecular complexity index is 425. The van der Waals surface area contributed by atoms with Crippen LogP contribution in [-0.2, 0) is 4.74 Å². The molecule has 2 rings (SSSR count). The molecule has 1 aromatic carbocycles. The van der Waals surface area contributed by atoms with E-state index in [0.717, 1.165) is 47.7 Å². The van der Waals surface area contributed by atoms with Crippen LogP contribution < -0.4 is 11.1 Å². The summed E-state index contributed by atoms with van der Waals surface area (Å²) in [5.41, 5.74) is 8.82. The van der Waals surface area contributed by atoms with Gasteiger partial charge < -0.3 is 20.7 Å². The lowest BCUT2D eigenvalue weighted by molar-refractivity contribution is -0.0117. The van der Waals surface area contributed by atoms with Crippen molar-refractivity contribution >= 4 is 27.3 Å². The van der Waals surface area contributed by atoms with Crippen LogP contribution in [0.15, 0.2) is 16.6 Å². The van der Waals surface area contributed by atoms with E-state index in [4.69, 9.17) is 10.5 Å². The fraction of sp³-hybridized carbons (Fsp3) is 0.538. The normalized spacial score (nSPS) is 20.9. The number of nitrogens with two attached hydrogens (primary N) is 1. The maximum absolute atomic E-state index is 5.86. The van der Waals surface area contributed by atoms with Gasteiger partial charge in [-0.15, -0.1) is 0 Å². The number of hydrogen-bond acceptors (Lipinski definition) is 4. The van der Waals surface area contributed by atoms with Gasteiger partial charge >= 0.3 is 0 Å². The van der Waals surface area contributed by atoms with Gasteiger partial charge in [0.05, 0.1) is 12.7 Å². The highest BCUT2D eigenvalue weighted by atomic mass is 79.9. The summed E-state index contributed by atoms with van der Waals surface area (Å²) in [6, 6.07) is 4.00. The van der Waals surface area contributed by atoms with Gasteiger partial charge in [0.15, 0.2) is 0 Å². The van der Waals surface area contributed by atoms with Crippen LogP contribution in [-0.4, -0.2) is 44.3 Å². The topological polar surface area (TPSA) is 50.5 Å². The molecule has 0 bridgehead atoms. The number of rotatable bonds is 3. The number of halogens is 1. The largest absolute Gasteiger partial charge is 0.398 e. The Hall–Kier alpha value is -0.780. The smallest absolute Gasteiger partial charge is 0.0874 e. The first-order valence-electron chi connectivity index (χ1n) is 6.16. The highest BCUT2D eigenvalue weighted by Gasteiger charge is 2.17. The second-order valence-corrected chi connectivity index (χ2v) is 5.68. The van der Waals surface area contributed by atoms with Gasteiger partial charge in [0.1, 0.15) is 0 Å². The molecule has 1 aromatic rings. The minimum atomic E-state index is 0.244. The first-order chi connectivity index (χ1) is 8.56. The zero-order valence-electron chi connectivity index (χ0n) is 10.9. The Morgan fingerprint density at radius 1 is 1.56 bits per heavy atom. The summed E-state index contributed by atoms with van der Waals surface area (Å²) < 4.78 is 6.71. The molecule has 3 N–H and O–H groups in total. The lowest BCUT2D eigenvalue weighted by Gasteiger charge is -2.30. The predicted molar refractivity (Wildman–Crippen MR) is 79.0 cm³/mol. The van der Waals surface area contributed by atoms with Gasteiger partial charge in [-0.1, -0.05) is 0 Å². The van der Waals surface area contributed by atoms with Crippen molar-refractivity contribution in [2.24, 2.45) is 0 Å². The molecule has 1 saturated heterocycles. The highest BCUT2D eigenvalue weighted by Crippen LogP contribution is 2.27. The molecule has 1 unspecified atom stereocenters. The monoisotopic (exact) mass is 313 g/mol. The highest BCUT2D eigenvalue weighted by molar-refractivity contribution is 9.10. The van der Waals surface area contributed by atoms with E-state index in [1.807, 2.05) is 13.0 Å². The first-order valence-corrected chi connectivity index (χ1v) is 6.95. The number of nitrogens with one attached hydrogen (secondary N) is 1. The molecule has 0 spiro atoms. The summed E-state index contributed by atoms with van der Waals surface area (Å²) in [4.78, 5) is 2.29. The van der Waals surface area contributed by atoms with Crippen molar-refractivity contribution < 1.29 is 4.74 Å². The maximum Gasteiger partial charge on any atom is 0.0874 e. The van der Waals surface area contributed by atoms with Crippen molar-refractivity contribution in [2.75, 3.05) is 44.3 Å². The van der Waals surface area contributed by atoms with Crippen molar-refractivity contribution in [3.05, 3.63) is 22.2 Å². The third-order valence-corrected chi connectivity index (χ3v) is 3.87. The Morgan fingerprint density at radius 3 is 3.06 bits per heavy atom. The summed E-state index contributed by atoms with van der Waals surface area (Å²) in [5, 5.41) is 3.42. The molecule has 0 amide bonds. The van der Waals surface area contributed by atoms with Crippen molar-refractivity contribution in [3.63, 3.8) is 0 Å². The molecule has 18 heavy (non-hydrogen) atoms. The number of anilines is 2. The summed E-state index contributed by atoms with van der Waals surface area (Å²) in [6.07, 6.45) is 0.244. The second kappa shape index (κ2) is 5.91. The fourth-order valence-corrected chi connectivity index (χ4v) is 2.55. The Balaban J connectivity index is 1.95. The van der Waals surface area contributed by atoms with Crippen LogP contribution >= 0.6 is 15.9 Å². The predicted octanol–water partition coefficient (Wildman–Crippen LogP) is 2.08. The summed E-state index contributed by atoms with van der Waals surface area (Å²) in [7, 11) is 2.12. The molecule has 4 nitrogen and oxygen atoms in total. The molecular weight excluding hydrogens is 294 g/mol. The Kier molecular flexibility index (Phi) is 4.48. The van der Waals surface area contributed by atoms with E-state index in [9.17, 15) is 0 Å². The Labute approximate surface area is 117 Å². The number of morpholine rings is 1. The quantitative estimate of drug-likeness (QED) is 0.839. The van der Waals surface area contributed by atoms with Crippen LogP contribution in [0.3, 0.4) is 0 Å². The van der Waals surface area contributed by atoms with Gasteiger partial charge in [0, 0.05) is 35.5 Å². The Morgan fingerprint density at radius 2 is 2.33 bits per heavy atom. The van der Waals surface area contributed by atoms with E-state index in [2.05, 4.69) is 39.3 Å². The van der Waals surface area contributed by atoms with E-state index in [1.165, 1.54) is 0 Å². The average Bonchev–Trinajstić information content (AvgIpc) is 2.32. The number of ether oxygens (including phenoxy) is 1. The van der Waals surface area contributed by atoms with Crippen LogP contribution in [0.2, 0.25) is 0 Å². The van der Waals surface area contributed by atoms with Crippen molar-refractivity contribution in [3.8, 4) is 0 Å². The lowest BCUT2D eigenvalue weighted by Crippen LogP contribution is -2.43. The van der Waals surface area contributed by atoms with Crippen LogP contribution in [0.4, 0.5) is 11.4 Å². The van der Waals surface area contributed by atoms with Crippen molar-refractivity contribution in [1.82, 2.24) is 4.90 Å². The molecule has 1 aliphatic rings. The third-order valence-electron chi connectivity index (χ3n) is 3.22. The molecular formula is C13H20BrN3O. The van der Waals surface area contributed by atoms with Crippen molar-refractivity contribution in [1.29, 1.82) is 0 Å². The summed E-state index contributed by atoms with van der Waals surface area (Å²) >= 11 is 3.52. The number of nitrogen functional groups attached to an aromatic ring is 1. The first kappa shape index (κ1) is 13.6. The summed E-state index contributed by atoms with van der Waals surface area (Å²) in [5.74, 6) is 0. The molecule has 0 saturated carbocycles. The van der Waals surface area contributed by atoms with Gasteiger partial charge in [-0.05, 0) is 47.6 Å². The van der Waals surface area contributed by atoms with E-state index in [-0.39, 0.29) is 6.10 Å². The molecule has 0 aromatic heterocycles. The number of hydrogen-bond donors (Lipinski definition) is 2. The minimum absolute atomic E-state index is 0.244. The van der Waals surface area contributed by atoms with Crippen LogP contribution in [0.25, 0.3) is 0 Å². The number of likely N-dealkylation sites (N-methyl/N-ethyl adjacent to an activating group) is 1. The average molecular weight is 314 g/mol. The van der Waals surface area contributed by atoms with Gasteiger partial charge in [0.2, 0.25) is 0 Å². The van der Waals surface area contributed by atoms with Gasteiger partial charge in [0.25, 0.3) is 0 Å². The van der Waals surface area contributed by atoms with Crippen molar-refractivity contribution in [2.45, 2.75) is 13.0 Å². The molecule has 1 aliphatic heterocycles. The van der Waals surface area contributed by atoms with Gasteiger partial charge in [-0.25, -0.2) is 0 Å². The van der Waals surface area contributed by atoms with E-state index in [0.29, 0.717) is 0 Å². The molecule has 1 atom stereocenters. The van der Waals surface area contributed by atoms with Crippen LogP contribution in [0, 0.1) is 6.92 Å². The molecule has 0 radical (unpaired) electrons. The van der Waals surface area contributed by atoms with Gasteiger partial charge in [-0.2, -0.15) is 0 Å². The molecule has 1 fully saturated rings. The van der Waals surface area contributed by atoms with E-state index < -0.39 is 0 Å². The molecule has 0 aliphatic carbocycles. The fourth-order valence-electron chi connectivity index (χ4n) is 2.05. The molecule has 100 valence electrons. The zero-order chi connectivity index (χ0) is 13.1. The van der Waals surface area contributed by atoms with Crippen LogP contribution in [0.5, 0.6) is 0 Å². The molecule has 5 heteroatoms. The number of benzene rings is 1. The zero-order valence-corrected chi connectivity index (χ0v) is 12.5. The second-order valence-electron chi connectivity index (χ2n) is 4.82. The SMILES string of the molecule is Cc1cc(NCC2CN(C)CCO2)c(Br)cc1N. The lowest BCUT2D eigenvalue weighted by atomic mass is 10.2. The maximum atomic E-state index is 5.86. The van der Waals surface area contributed by atoms with E-state index >= 15 is 0 Å². The number of aryl methyl sites for hydroxylation is 1. The third kappa shape index (κ3) is 3.37. The minimum Gasteiger partial charge on any atom is -0.398 e. The summed E-state index contributed by atoms with van der Waals surface area (Å²) in [6.45, 7) is 5.62. The molecule has 1 heterocycles. The standard InChI is InChI=1S/C13H20BrN3O/c1-9-5-13(11(14)6-12(9)15)16-7-10-8-17(2)3-4-18-10/h5-6,10,16H,3-4,7-8,15H2,1-2H3. The van der Waals surface area contributed by atoms with E-state index in [1.54, 1.807) is 0 Å². The number of nitrogens with zero attached hydrogens (tertiary/aromatic N) is 1. The van der Waals surface area contributed by atoms with Gasteiger partial charge in [-0.3, -0.25) is 0 Å². The van der Waals surface area contributed by atoms with Crippen LogP contribution in [0.1, 0.15) is 5.56 Å².